The fourth-order valence-electron chi connectivity index (χ4n) is 2.15. The number of rotatable bonds is 4. The summed E-state index contributed by atoms with van der Waals surface area (Å²) in [5, 5.41) is 2.79. The quantitative estimate of drug-likeness (QED) is 0.820. The summed E-state index contributed by atoms with van der Waals surface area (Å²) in [5.74, 6) is 0.400. The van der Waals surface area contributed by atoms with E-state index in [1.165, 1.54) is 0 Å². The predicted molar refractivity (Wildman–Crippen MR) is 76.1 cm³/mol. The summed E-state index contributed by atoms with van der Waals surface area (Å²) in [6, 6.07) is -0.931. The lowest BCUT2D eigenvalue weighted by Gasteiger charge is -2.42. The molecule has 1 N–H and O–H groups in total. The van der Waals surface area contributed by atoms with E-state index in [2.05, 4.69) is 5.32 Å². The lowest BCUT2D eigenvalue weighted by molar-refractivity contribution is -0.151. The number of amides is 2. The van der Waals surface area contributed by atoms with Gasteiger partial charge in [0, 0.05) is 29.4 Å². The molecule has 0 bridgehead atoms. The van der Waals surface area contributed by atoms with Gasteiger partial charge in [0.05, 0.1) is 0 Å². The average Bonchev–Trinajstić information content (AvgIpc) is 2.26. The monoisotopic (exact) mass is 288 g/mol. The smallest absolute Gasteiger partial charge is 0.246 e. The van der Waals surface area contributed by atoms with Gasteiger partial charge in [0.1, 0.15) is 12.1 Å². The van der Waals surface area contributed by atoms with Crippen molar-refractivity contribution in [1.82, 2.24) is 10.2 Å². The van der Waals surface area contributed by atoms with Crippen molar-refractivity contribution in [3.05, 3.63) is 0 Å². The van der Waals surface area contributed by atoms with Crippen LogP contribution in [-0.4, -0.2) is 51.6 Å². The molecular formula is C13H24N2O3S. The number of hydrogen-bond donors (Lipinski definition) is 1. The van der Waals surface area contributed by atoms with Gasteiger partial charge in [-0.2, -0.15) is 0 Å². The van der Waals surface area contributed by atoms with Crippen molar-refractivity contribution in [2.24, 2.45) is 5.41 Å². The highest BCUT2D eigenvalue weighted by atomic mass is 32.2. The molecule has 5 nitrogen and oxygen atoms in total. The molecule has 0 aromatic carbocycles. The van der Waals surface area contributed by atoms with Gasteiger partial charge in [-0.25, -0.2) is 0 Å². The van der Waals surface area contributed by atoms with Crippen LogP contribution in [0.25, 0.3) is 0 Å². The van der Waals surface area contributed by atoms with Crippen LogP contribution in [0.1, 0.15) is 34.1 Å². The molecule has 3 unspecified atom stereocenters. The maximum absolute atomic E-state index is 12.4. The molecule has 0 spiro atoms. The third-order valence-electron chi connectivity index (χ3n) is 3.36. The fourth-order valence-corrected chi connectivity index (χ4v) is 2.69. The first-order chi connectivity index (χ1) is 8.64. The zero-order chi connectivity index (χ0) is 14.8. The second kappa shape index (κ2) is 6.03. The standard InChI is InChI=1S/C13H24N2O3S/c1-9-11(16)14-10(13(2,3)4)12(17)15(9)7-6-8-19(5)18/h9-10H,6-8H2,1-5H3,(H,14,16). The van der Waals surface area contributed by atoms with E-state index in [1.54, 1.807) is 18.1 Å². The first kappa shape index (κ1) is 16.1. The topological polar surface area (TPSA) is 66.5 Å². The van der Waals surface area contributed by atoms with Gasteiger partial charge in [0.25, 0.3) is 0 Å². The Morgan fingerprint density at radius 3 is 2.37 bits per heavy atom. The van der Waals surface area contributed by atoms with Crippen molar-refractivity contribution in [2.45, 2.75) is 46.2 Å². The molecule has 110 valence electrons. The van der Waals surface area contributed by atoms with E-state index in [0.29, 0.717) is 18.7 Å². The molecule has 1 fully saturated rings. The van der Waals surface area contributed by atoms with Crippen molar-refractivity contribution in [3.8, 4) is 0 Å². The van der Waals surface area contributed by atoms with Crippen LogP contribution >= 0.6 is 0 Å². The van der Waals surface area contributed by atoms with Crippen LogP contribution in [0.15, 0.2) is 0 Å². The molecule has 0 aromatic rings. The van der Waals surface area contributed by atoms with E-state index in [0.717, 1.165) is 0 Å². The molecule has 0 aromatic heterocycles. The first-order valence-electron chi connectivity index (χ1n) is 6.55. The van der Waals surface area contributed by atoms with Crippen LogP contribution < -0.4 is 5.32 Å². The Labute approximate surface area is 117 Å². The molecule has 1 saturated heterocycles. The SMILES string of the molecule is CC1C(=O)NC(C(C)(C)C)C(=O)N1CCCS(C)=O. The molecule has 1 aliphatic heterocycles. The maximum atomic E-state index is 12.4. The maximum Gasteiger partial charge on any atom is 0.246 e. The zero-order valence-electron chi connectivity index (χ0n) is 12.4. The molecule has 1 aliphatic rings. The summed E-state index contributed by atoms with van der Waals surface area (Å²) < 4.78 is 11.1. The summed E-state index contributed by atoms with van der Waals surface area (Å²) >= 11 is 0. The Kier molecular flexibility index (Phi) is 5.12. The van der Waals surface area contributed by atoms with E-state index in [9.17, 15) is 13.8 Å². The fraction of sp³-hybridized carbons (Fsp3) is 0.846. The summed E-state index contributed by atoms with van der Waals surface area (Å²) in [7, 11) is -0.865. The normalized spacial score (nSPS) is 26.3. The summed E-state index contributed by atoms with van der Waals surface area (Å²) in [6.07, 6.45) is 2.30. The number of nitrogens with zero attached hydrogens (tertiary/aromatic N) is 1. The molecule has 6 heteroatoms. The van der Waals surface area contributed by atoms with E-state index in [1.807, 2.05) is 20.8 Å². The lowest BCUT2D eigenvalue weighted by atomic mass is 9.84. The highest BCUT2D eigenvalue weighted by Gasteiger charge is 2.43. The third-order valence-corrected chi connectivity index (χ3v) is 4.22. The van der Waals surface area contributed by atoms with Crippen LogP contribution in [0, 0.1) is 5.41 Å². The Morgan fingerprint density at radius 1 is 1.32 bits per heavy atom. The molecule has 2 amide bonds. The van der Waals surface area contributed by atoms with Crippen LogP contribution in [0.3, 0.4) is 0 Å². The van der Waals surface area contributed by atoms with Gasteiger partial charge in [0.15, 0.2) is 0 Å². The van der Waals surface area contributed by atoms with Crippen molar-refractivity contribution >= 4 is 22.6 Å². The Bertz CT molecular complexity index is 390. The van der Waals surface area contributed by atoms with Gasteiger partial charge in [-0.15, -0.1) is 0 Å². The molecule has 1 heterocycles. The molecule has 19 heavy (non-hydrogen) atoms. The van der Waals surface area contributed by atoms with Gasteiger partial charge in [-0.05, 0) is 18.8 Å². The van der Waals surface area contributed by atoms with Gasteiger partial charge >= 0.3 is 0 Å². The van der Waals surface area contributed by atoms with E-state index >= 15 is 0 Å². The number of hydrogen-bond acceptors (Lipinski definition) is 3. The highest BCUT2D eigenvalue weighted by Crippen LogP contribution is 2.25. The largest absolute Gasteiger partial charge is 0.342 e. The van der Waals surface area contributed by atoms with Crippen LogP contribution in [0.2, 0.25) is 0 Å². The minimum Gasteiger partial charge on any atom is -0.342 e. The summed E-state index contributed by atoms with van der Waals surface area (Å²) in [4.78, 5) is 26.0. The Balaban J connectivity index is 2.78. The minimum absolute atomic E-state index is 0.0403. The summed E-state index contributed by atoms with van der Waals surface area (Å²) in [5.41, 5.74) is -0.307. The van der Waals surface area contributed by atoms with Gasteiger partial charge in [0.2, 0.25) is 11.8 Å². The second-order valence-electron chi connectivity index (χ2n) is 6.15. The second-order valence-corrected chi connectivity index (χ2v) is 7.70. The minimum atomic E-state index is -0.865. The molecule has 1 rings (SSSR count). The average molecular weight is 288 g/mol. The zero-order valence-corrected chi connectivity index (χ0v) is 13.2. The number of carbonyl (C=O) groups is 2. The van der Waals surface area contributed by atoms with E-state index in [-0.39, 0.29) is 17.2 Å². The van der Waals surface area contributed by atoms with Crippen molar-refractivity contribution in [2.75, 3.05) is 18.6 Å². The van der Waals surface area contributed by atoms with Gasteiger partial charge < -0.3 is 10.2 Å². The molecule has 3 atom stereocenters. The number of piperazine rings is 1. The Hall–Kier alpha value is -0.910. The number of nitrogens with one attached hydrogen (secondary N) is 1. The van der Waals surface area contributed by atoms with Crippen molar-refractivity contribution < 1.29 is 13.8 Å². The van der Waals surface area contributed by atoms with Crippen LogP contribution in [0.4, 0.5) is 0 Å². The van der Waals surface area contributed by atoms with Gasteiger partial charge in [-0.1, -0.05) is 20.8 Å². The van der Waals surface area contributed by atoms with Crippen molar-refractivity contribution in [3.63, 3.8) is 0 Å². The predicted octanol–water partition coefficient (Wildman–Crippen LogP) is 0.517. The van der Waals surface area contributed by atoms with Gasteiger partial charge in [-0.3, -0.25) is 13.8 Å². The Morgan fingerprint density at radius 2 is 1.89 bits per heavy atom. The third kappa shape index (κ3) is 4.03. The molecule has 0 radical (unpaired) electrons. The lowest BCUT2D eigenvalue weighted by Crippen LogP contribution is -2.65. The van der Waals surface area contributed by atoms with Crippen LogP contribution in [-0.2, 0) is 20.4 Å². The van der Waals surface area contributed by atoms with Crippen molar-refractivity contribution in [1.29, 1.82) is 0 Å². The first-order valence-corrected chi connectivity index (χ1v) is 8.28. The van der Waals surface area contributed by atoms with Crippen LogP contribution in [0.5, 0.6) is 0 Å². The molecule has 0 aliphatic carbocycles. The highest BCUT2D eigenvalue weighted by molar-refractivity contribution is 7.84. The number of carbonyl (C=O) groups excluding carboxylic acids is 2. The summed E-state index contributed by atoms with van der Waals surface area (Å²) in [6.45, 7) is 8.02. The van der Waals surface area contributed by atoms with E-state index < -0.39 is 22.9 Å². The molecule has 0 saturated carbocycles. The van der Waals surface area contributed by atoms with E-state index in [4.69, 9.17) is 0 Å². The molecular weight excluding hydrogens is 264 g/mol.